The van der Waals surface area contributed by atoms with Crippen LogP contribution in [0.15, 0.2) is 10.7 Å². The molecular formula is C10H16N2O2. The van der Waals surface area contributed by atoms with Crippen molar-refractivity contribution in [1.82, 2.24) is 4.98 Å². The first-order chi connectivity index (χ1) is 6.77. The third kappa shape index (κ3) is 1.96. The van der Waals surface area contributed by atoms with Gasteiger partial charge in [-0.25, -0.2) is 4.98 Å². The summed E-state index contributed by atoms with van der Waals surface area (Å²) < 4.78 is 10.9. The summed E-state index contributed by atoms with van der Waals surface area (Å²) in [7, 11) is 0. The first-order valence-electron chi connectivity index (χ1n) is 5.10. The molecule has 1 aromatic heterocycles. The molecule has 2 N–H and O–H groups in total. The summed E-state index contributed by atoms with van der Waals surface area (Å²) in [5.41, 5.74) is 6.49. The zero-order chi connectivity index (χ0) is 9.97. The summed E-state index contributed by atoms with van der Waals surface area (Å²) in [5, 5.41) is 0. The summed E-state index contributed by atoms with van der Waals surface area (Å²) in [6, 6.07) is -0.0731. The molecule has 2 rings (SSSR count). The van der Waals surface area contributed by atoms with Crippen molar-refractivity contribution < 1.29 is 9.15 Å². The molecule has 14 heavy (non-hydrogen) atoms. The van der Waals surface area contributed by atoms with Crippen molar-refractivity contribution in [3.8, 4) is 0 Å². The minimum atomic E-state index is -0.0731. The molecule has 2 atom stereocenters. The van der Waals surface area contributed by atoms with Crippen molar-refractivity contribution >= 4 is 0 Å². The van der Waals surface area contributed by atoms with Crippen molar-refractivity contribution in [2.45, 2.75) is 38.3 Å². The van der Waals surface area contributed by atoms with Crippen LogP contribution >= 0.6 is 0 Å². The fourth-order valence-corrected chi connectivity index (χ4v) is 1.59. The van der Waals surface area contributed by atoms with Crippen molar-refractivity contribution in [3.63, 3.8) is 0 Å². The van der Waals surface area contributed by atoms with Gasteiger partial charge >= 0.3 is 0 Å². The van der Waals surface area contributed by atoms with Crippen LogP contribution < -0.4 is 5.73 Å². The molecule has 4 nitrogen and oxygen atoms in total. The zero-order valence-electron chi connectivity index (χ0n) is 8.40. The molecule has 0 aliphatic carbocycles. The lowest BCUT2D eigenvalue weighted by atomic mass is 10.1. The summed E-state index contributed by atoms with van der Waals surface area (Å²) >= 11 is 0. The van der Waals surface area contributed by atoms with Crippen LogP contribution in [-0.2, 0) is 4.74 Å². The maximum absolute atomic E-state index is 5.69. The Bertz CT molecular complexity index is 290. The van der Waals surface area contributed by atoms with Crippen molar-refractivity contribution in [2.75, 3.05) is 6.61 Å². The van der Waals surface area contributed by atoms with Gasteiger partial charge in [0.05, 0.1) is 5.69 Å². The normalized spacial score (nSPS) is 24.9. The number of hydrogen-bond donors (Lipinski definition) is 1. The number of rotatable bonds is 2. The largest absolute Gasteiger partial charge is 0.446 e. The first kappa shape index (κ1) is 9.68. The number of aromatic nitrogens is 1. The monoisotopic (exact) mass is 196 g/mol. The van der Waals surface area contributed by atoms with E-state index in [1.165, 1.54) is 6.42 Å². The number of hydrogen-bond acceptors (Lipinski definition) is 4. The van der Waals surface area contributed by atoms with Gasteiger partial charge in [0, 0.05) is 12.6 Å². The lowest BCUT2D eigenvalue weighted by Crippen LogP contribution is -2.12. The van der Waals surface area contributed by atoms with Gasteiger partial charge in [0.1, 0.15) is 12.4 Å². The molecule has 1 fully saturated rings. The predicted molar refractivity (Wildman–Crippen MR) is 51.6 cm³/mol. The maximum Gasteiger partial charge on any atom is 0.223 e. The van der Waals surface area contributed by atoms with E-state index < -0.39 is 0 Å². The minimum Gasteiger partial charge on any atom is -0.446 e. The molecule has 0 radical (unpaired) electrons. The van der Waals surface area contributed by atoms with Gasteiger partial charge in [-0.3, -0.25) is 0 Å². The van der Waals surface area contributed by atoms with Gasteiger partial charge in [0.25, 0.3) is 0 Å². The Morgan fingerprint density at radius 1 is 1.57 bits per heavy atom. The molecule has 0 spiro atoms. The second-order valence-corrected chi connectivity index (χ2v) is 3.75. The van der Waals surface area contributed by atoms with Gasteiger partial charge in [-0.05, 0) is 26.2 Å². The van der Waals surface area contributed by atoms with E-state index >= 15 is 0 Å². The van der Waals surface area contributed by atoms with E-state index in [0.717, 1.165) is 25.1 Å². The van der Waals surface area contributed by atoms with E-state index in [1.54, 1.807) is 6.26 Å². The second kappa shape index (κ2) is 4.11. The average molecular weight is 196 g/mol. The highest BCUT2D eigenvalue weighted by Gasteiger charge is 2.21. The molecular weight excluding hydrogens is 180 g/mol. The molecule has 4 heteroatoms. The van der Waals surface area contributed by atoms with E-state index in [-0.39, 0.29) is 12.1 Å². The molecule has 78 valence electrons. The van der Waals surface area contributed by atoms with Gasteiger partial charge < -0.3 is 14.9 Å². The van der Waals surface area contributed by atoms with Gasteiger partial charge in [0.15, 0.2) is 0 Å². The summed E-state index contributed by atoms with van der Waals surface area (Å²) in [6.07, 6.45) is 4.98. The average Bonchev–Trinajstić information content (AvgIpc) is 2.68. The van der Waals surface area contributed by atoms with Crippen LogP contribution in [0.25, 0.3) is 0 Å². The molecule has 2 unspecified atom stereocenters. The number of nitrogens with zero attached hydrogens (tertiary/aromatic N) is 1. The lowest BCUT2D eigenvalue weighted by Gasteiger charge is -2.19. The molecule has 0 saturated carbocycles. The van der Waals surface area contributed by atoms with E-state index in [9.17, 15) is 0 Å². The Morgan fingerprint density at radius 2 is 2.43 bits per heavy atom. The molecule has 1 saturated heterocycles. The van der Waals surface area contributed by atoms with Crippen LogP contribution in [0.3, 0.4) is 0 Å². The second-order valence-electron chi connectivity index (χ2n) is 3.75. The molecule has 0 bridgehead atoms. The van der Waals surface area contributed by atoms with Crippen LogP contribution in [0.5, 0.6) is 0 Å². The Hall–Kier alpha value is -0.870. The molecule has 0 aromatic carbocycles. The molecule has 2 heterocycles. The molecule has 1 aliphatic heterocycles. The third-order valence-electron chi connectivity index (χ3n) is 2.46. The topological polar surface area (TPSA) is 61.3 Å². The van der Waals surface area contributed by atoms with Crippen LogP contribution in [0.1, 0.15) is 49.9 Å². The summed E-state index contributed by atoms with van der Waals surface area (Å²) in [6.45, 7) is 2.70. The SMILES string of the molecule is CC(N)c1coc(C2CCCCO2)n1. The van der Waals surface area contributed by atoms with Crippen molar-refractivity contribution in [1.29, 1.82) is 0 Å². The van der Waals surface area contributed by atoms with Gasteiger partial charge in [0.2, 0.25) is 5.89 Å². The summed E-state index contributed by atoms with van der Waals surface area (Å²) in [4.78, 5) is 4.32. The van der Waals surface area contributed by atoms with Crippen LogP contribution in [0, 0.1) is 0 Å². The third-order valence-corrected chi connectivity index (χ3v) is 2.46. The maximum atomic E-state index is 5.69. The minimum absolute atomic E-state index is 0.0382. The highest BCUT2D eigenvalue weighted by Crippen LogP contribution is 2.27. The smallest absolute Gasteiger partial charge is 0.223 e. The van der Waals surface area contributed by atoms with Crippen molar-refractivity contribution in [2.24, 2.45) is 5.73 Å². The predicted octanol–water partition coefficient (Wildman–Crippen LogP) is 1.94. The lowest BCUT2D eigenvalue weighted by molar-refractivity contribution is -0.00149. The Labute approximate surface area is 83.4 Å². The van der Waals surface area contributed by atoms with Gasteiger partial charge in [-0.1, -0.05) is 0 Å². The molecule has 1 aromatic rings. The summed E-state index contributed by atoms with van der Waals surface area (Å²) in [5.74, 6) is 0.678. The highest BCUT2D eigenvalue weighted by molar-refractivity contribution is 5.03. The number of ether oxygens (including phenoxy) is 1. The molecule has 0 amide bonds. The van der Waals surface area contributed by atoms with Crippen LogP contribution in [-0.4, -0.2) is 11.6 Å². The number of oxazole rings is 1. The Balaban J connectivity index is 2.07. The fourth-order valence-electron chi connectivity index (χ4n) is 1.59. The Kier molecular flexibility index (Phi) is 2.84. The van der Waals surface area contributed by atoms with Crippen LogP contribution in [0.4, 0.5) is 0 Å². The van der Waals surface area contributed by atoms with E-state index in [2.05, 4.69) is 4.98 Å². The molecule has 1 aliphatic rings. The quantitative estimate of drug-likeness (QED) is 0.785. The van der Waals surface area contributed by atoms with Crippen molar-refractivity contribution in [3.05, 3.63) is 17.8 Å². The first-order valence-corrected chi connectivity index (χ1v) is 5.10. The zero-order valence-corrected chi connectivity index (χ0v) is 8.40. The van der Waals surface area contributed by atoms with Gasteiger partial charge in [-0.15, -0.1) is 0 Å². The van der Waals surface area contributed by atoms with Gasteiger partial charge in [-0.2, -0.15) is 0 Å². The highest BCUT2D eigenvalue weighted by atomic mass is 16.5. The van der Waals surface area contributed by atoms with Crippen LogP contribution in [0.2, 0.25) is 0 Å². The fraction of sp³-hybridized carbons (Fsp3) is 0.700. The Morgan fingerprint density at radius 3 is 3.00 bits per heavy atom. The van der Waals surface area contributed by atoms with E-state index in [4.69, 9.17) is 14.9 Å². The number of nitrogens with two attached hydrogens (primary N) is 1. The van der Waals surface area contributed by atoms with E-state index in [1.807, 2.05) is 6.92 Å². The van der Waals surface area contributed by atoms with E-state index in [0.29, 0.717) is 5.89 Å². The standard InChI is InChI=1S/C10H16N2O2/c1-7(11)8-6-14-10(12-8)9-4-2-3-5-13-9/h6-7,9H,2-5,11H2,1H3.